The second-order valence-electron chi connectivity index (χ2n) is 6.98. The maximum absolute atomic E-state index is 6.08. The standard InChI is InChI=1S/C19H30N4O/c1-15-5-7-17(8-6-15)18(23-9-11-24-12-10-23)14-22-19(20)21-13-16-3-2-4-16/h5-8,16,18H,2-4,9-14H2,1H3,(H3,20,21,22). The molecule has 0 radical (unpaired) electrons. The van der Waals surface area contributed by atoms with Gasteiger partial charge in [-0.25, -0.2) is 0 Å². The Bertz CT molecular complexity index is 533. The fourth-order valence-corrected chi connectivity index (χ4v) is 3.30. The second kappa shape index (κ2) is 8.49. The molecule has 0 aromatic heterocycles. The topological polar surface area (TPSA) is 62.9 Å². The van der Waals surface area contributed by atoms with Gasteiger partial charge in [-0.05, 0) is 31.2 Å². The maximum Gasteiger partial charge on any atom is 0.188 e. The van der Waals surface area contributed by atoms with Crippen molar-refractivity contribution in [1.29, 1.82) is 0 Å². The first kappa shape index (κ1) is 17.2. The molecule has 24 heavy (non-hydrogen) atoms. The van der Waals surface area contributed by atoms with E-state index in [9.17, 15) is 0 Å². The smallest absolute Gasteiger partial charge is 0.188 e. The molecular weight excluding hydrogens is 300 g/mol. The number of aliphatic imine (C=N–C) groups is 1. The summed E-state index contributed by atoms with van der Waals surface area (Å²) in [5.74, 6) is 1.36. The number of nitrogens with zero attached hydrogens (tertiary/aromatic N) is 2. The average molecular weight is 330 g/mol. The highest BCUT2D eigenvalue weighted by atomic mass is 16.5. The lowest BCUT2D eigenvalue weighted by Gasteiger charge is -2.34. The number of hydrogen-bond acceptors (Lipinski definition) is 3. The Labute approximate surface area is 145 Å². The molecule has 1 saturated carbocycles. The van der Waals surface area contributed by atoms with Crippen molar-refractivity contribution in [3.8, 4) is 0 Å². The first-order valence-electron chi connectivity index (χ1n) is 9.14. The Hall–Kier alpha value is -1.59. The fourth-order valence-electron chi connectivity index (χ4n) is 3.30. The monoisotopic (exact) mass is 330 g/mol. The van der Waals surface area contributed by atoms with E-state index in [-0.39, 0.29) is 6.04 Å². The van der Waals surface area contributed by atoms with Crippen molar-refractivity contribution >= 4 is 5.96 Å². The van der Waals surface area contributed by atoms with Crippen LogP contribution in [0.15, 0.2) is 29.3 Å². The molecule has 1 atom stereocenters. The molecule has 0 spiro atoms. The Balaban J connectivity index is 1.63. The van der Waals surface area contributed by atoms with E-state index in [1.165, 1.54) is 30.4 Å². The Kier molecular flexibility index (Phi) is 6.10. The van der Waals surface area contributed by atoms with Gasteiger partial charge in [0.15, 0.2) is 5.96 Å². The summed E-state index contributed by atoms with van der Waals surface area (Å²) in [6.45, 7) is 7.25. The highest BCUT2D eigenvalue weighted by molar-refractivity contribution is 5.77. The van der Waals surface area contributed by atoms with Crippen LogP contribution in [0.5, 0.6) is 0 Å². The lowest BCUT2D eigenvalue weighted by atomic mass is 9.85. The molecule has 1 aromatic carbocycles. The van der Waals surface area contributed by atoms with Crippen LogP contribution in [0.4, 0.5) is 0 Å². The minimum Gasteiger partial charge on any atom is -0.379 e. The Morgan fingerprint density at radius 1 is 1.29 bits per heavy atom. The van der Waals surface area contributed by atoms with Crippen LogP contribution >= 0.6 is 0 Å². The molecule has 0 amide bonds. The van der Waals surface area contributed by atoms with Crippen LogP contribution in [0.2, 0.25) is 0 Å². The van der Waals surface area contributed by atoms with E-state index in [0.717, 1.165) is 38.8 Å². The fraction of sp³-hybridized carbons (Fsp3) is 0.632. The summed E-state index contributed by atoms with van der Waals surface area (Å²) in [5, 5.41) is 3.29. The van der Waals surface area contributed by atoms with Gasteiger partial charge in [0.2, 0.25) is 0 Å². The summed E-state index contributed by atoms with van der Waals surface area (Å²) in [6, 6.07) is 9.03. The number of aryl methyl sites for hydroxylation is 1. The second-order valence-corrected chi connectivity index (χ2v) is 6.98. The van der Waals surface area contributed by atoms with Gasteiger partial charge in [0.1, 0.15) is 0 Å². The predicted molar refractivity (Wildman–Crippen MR) is 98.1 cm³/mol. The van der Waals surface area contributed by atoms with Crippen molar-refractivity contribution in [2.75, 3.05) is 39.4 Å². The van der Waals surface area contributed by atoms with Gasteiger partial charge >= 0.3 is 0 Å². The number of ether oxygens (including phenoxy) is 1. The highest BCUT2D eigenvalue weighted by Gasteiger charge is 2.22. The molecule has 5 nitrogen and oxygen atoms in total. The van der Waals surface area contributed by atoms with Gasteiger partial charge in [0.05, 0.1) is 25.8 Å². The molecule has 1 unspecified atom stereocenters. The van der Waals surface area contributed by atoms with E-state index in [4.69, 9.17) is 10.5 Å². The molecule has 1 aliphatic heterocycles. The zero-order valence-electron chi connectivity index (χ0n) is 14.7. The van der Waals surface area contributed by atoms with Crippen molar-refractivity contribution in [1.82, 2.24) is 10.2 Å². The summed E-state index contributed by atoms with van der Waals surface area (Å²) >= 11 is 0. The normalized spacial score (nSPS) is 21.3. The molecule has 0 bridgehead atoms. The highest BCUT2D eigenvalue weighted by Crippen LogP contribution is 2.25. The van der Waals surface area contributed by atoms with Gasteiger partial charge < -0.3 is 15.8 Å². The van der Waals surface area contributed by atoms with E-state index in [1.54, 1.807) is 0 Å². The molecule has 2 fully saturated rings. The van der Waals surface area contributed by atoms with Crippen molar-refractivity contribution < 1.29 is 4.74 Å². The van der Waals surface area contributed by atoms with E-state index in [0.29, 0.717) is 12.5 Å². The van der Waals surface area contributed by atoms with E-state index in [1.807, 2.05) is 0 Å². The maximum atomic E-state index is 6.08. The van der Waals surface area contributed by atoms with Crippen LogP contribution in [-0.2, 0) is 4.74 Å². The third kappa shape index (κ3) is 4.71. The van der Waals surface area contributed by atoms with Crippen molar-refractivity contribution in [2.24, 2.45) is 16.6 Å². The minimum atomic E-state index is 0.263. The quantitative estimate of drug-likeness (QED) is 0.619. The van der Waals surface area contributed by atoms with Crippen LogP contribution in [0.3, 0.4) is 0 Å². The lowest BCUT2D eigenvalue weighted by molar-refractivity contribution is 0.0180. The number of guanidine groups is 1. The van der Waals surface area contributed by atoms with Crippen LogP contribution in [0, 0.1) is 12.8 Å². The molecule has 5 heteroatoms. The lowest BCUT2D eigenvalue weighted by Crippen LogP contribution is -2.41. The molecule has 1 aliphatic carbocycles. The van der Waals surface area contributed by atoms with Crippen molar-refractivity contribution in [2.45, 2.75) is 32.2 Å². The van der Waals surface area contributed by atoms with Crippen molar-refractivity contribution in [3.63, 3.8) is 0 Å². The number of nitrogens with one attached hydrogen (secondary N) is 1. The molecule has 2 aliphatic rings. The van der Waals surface area contributed by atoms with Gasteiger partial charge in [0, 0.05) is 19.6 Å². The third-order valence-corrected chi connectivity index (χ3v) is 5.18. The summed E-state index contributed by atoms with van der Waals surface area (Å²) < 4.78 is 5.50. The summed E-state index contributed by atoms with van der Waals surface area (Å²) in [6.07, 6.45) is 4.00. The third-order valence-electron chi connectivity index (χ3n) is 5.18. The Morgan fingerprint density at radius 2 is 2.00 bits per heavy atom. The van der Waals surface area contributed by atoms with E-state index in [2.05, 4.69) is 46.4 Å². The minimum absolute atomic E-state index is 0.263. The largest absolute Gasteiger partial charge is 0.379 e. The van der Waals surface area contributed by atoms with Crippen LogP contribution in [0.1, 0.15) is 36.4 Å². The molecule has 1 aromatic rings. The zero-order chi connectivity index (χ0) is 16.8. The van der Waals surface area contributed by atoms with Gasteiger partial charge in [-0.15, -0.1) is 0 Å². The number of rotatable bonds is 6. The first-order chi connectivity index (χ1) is 11.7. The number of morpholine rings is 1. The van der Waals surface area contributed by atoms with Gasteiger partial charge in [-0.3, -0.25) is 9.89 Å². The van der Waals surface area contributed by atoms with E-state index < -0.39 is 0 Å². The number of benzene rings is 1. The molecule has 3 rings (SSSR count). The van der Waals surface area contributed by atoms with Crippen LogP contribution < -0.4 is 11.1 Å². The molecular formula is C19H30N4O. The first-order valence-corrected chi connectivity index (χ1v) is 9.14. The predicted octanol–water partition coefficient (Wildman–Crippen LogP) is 2.07. The van der Waals surface area contributed by atoms with Crippen LogP contribution in [0.25, 0.3) is 0 Å². The van der Waals surface area contributed by atoms with Crippen molar-refractivity contribution in [3.05, 3.63) is 35.4 Å². The molecule has 3 N–H and O–H groups in total. The number of hydrogen-bond donors (Lipinski definition) is 2. The molecule has 1 heterocycles. The zero-order valence-corrected chi connectivity index (χ0v) is 14.7. The van der Waals surface area contributed by atoms with Gasteiger partial charge in [-0.2, -0.15) is 0 Å². The van der Waals surface area contributed by atoms with Gasteiger partial charge in [0.25, 0.3) is 0 Å². The summed E-state index contributed by atoms with van der Waals surface area (Å²) in [5.41, 5.74) is 8.66. The number of nitrogens with two attached hydrogens (primary N) is 1. The SMILES string of the molecule is Cc1ccc(C(CN=C(N)NCC2CCC2)N2CCOCC2)cc1. The average Bonchev–Trinajstić information content (AvgIpc) is 2.56. The summed E-state index contributed by atoms with van der Waals surface area (Å²) in [7, 11) is 0. The van der Waals surface area contributed by atoms with Crippen LogP contribution in [-0.4, -0.2) is 50.3 Å². The Morgan fingerprint density at radius 3 is 2.62 bits per heavy atom. The van der Waals surface area contributed by atoms with E-state index >= 15 is 0 Å². The van der Waals surface area contributed by atoms with Gasteiger partial charge in [-0.1, -0.05) is 36.2 Å². The molecule has 1 saturated heterocycles. The summed E-state index contributed by atoms with van der Waals surface area (Å²) in [4.78, 5) is 7.08. The molecule has 132 valence electrons.